The molecule has 0 amide bonds. The number of nitro groups is 1. The Morgan fingerprint density at radius 2 is 2.10 bits per heavy atom. The van der Waals surface area contributed by atoms with Crippen molar-refractivity contribution in [2.24, 2.45) is 0 Å². The first-order valence-corrected chi connectivity index (χ1v) is 6.82. The molecule has 1 N–H and O–H groups in total. The predicted octanol–water partition coefficient (Wildman–Crippen LogP) is 1.62. The Bertz CT molecular complexity index is 485. The quantitative estimate of drug-likeness (QED) is 0.670. The van der Waals surface area contributed by atoms with Crippen LogP contribution in [0.4, 0.5) is 11.4 Å². The summed E-state index contributed by atoms with van der Waals surface area (Å²) in [5.41, 5.74) is 1.52. The van der Waals surface area contributed by atoms with Gasteiger partial charge in [-0.3, -0.25) is 10.1 Å². The Balaban J connectivity index is 2.20. The van der Waals surface area contributed by atoms with Gasteiger partial charge in [0.1, 0.15) is 0 Å². The Morgan fingerprint density at radius 3 is 2.65 bits per heavy atom. The number of nitro benzene ring substituents is 1. The fraction of sp³-hybridized carbons (Fsp3) is 0.571. The molecular formula is C14H21N3O3. The van der Waals surface area contributed by atoms with E-state index in [4.69, 9.17) is 0 Å². The summed E-state index contributed by atoms with van der Waals surface area (Å²) < 4.78 is 0. The van der Waals surface area contributed by atoms with Gasteiger partial charge in [-0.15, -0.1) is 0 Å². The molecule has 1 fully saturated rings. The van der Waals surface area contributed by atoms with Gasteiger partial charge in [-0.25, -0.2) is 0 Å². The molecule has 1 saturated heterocycles. The number of aliphatic hydroxyl groups is 1. The smallest absolute Gasteiger partial charge is 0.269 e. The lowest BCUT2D eigenvalue weighted by Gasteiger charge is -2.37. The molecule has 0 aromatic heterocycles. The summed E-state index contributed by atoms with van der Waals surface area (Å²) in [6, 6.07) is 5.11. The van der Waals surface area contributed by atoms with Crippen LogP contribution in [0.3, 0.4) is 0 Å². The van der Waals surface area contributed by atoms with Crippen LogP contribution in [-0.4, -0.2) is 48.2 Å². The highest BCUT2D eigenvalue weighted by Gasteiger charge is 2.23. The largest absolute Gasteiger partial charge is 0.392 e. The van der Waals surface area contributed by atoms with Crippen molar-refractivity contribution in [2.45, 2.75) is 25.5 Å². The third-order valence-corrected chi connectivity index (χ3v) is 4.06. The molecule has 20 heavy (non-hydrogen) atoms. The highest BCUT2D eigenvalue weighted by Crippen LogP contribution is 2.28. The first kappa shape index (κ1) is 14.7. The Morgan fingerprint density at radius 1 is 1.45 bits per heavy atom. The van der Waals surface area contributed by atoms with Crippen molar-refractivity contribution in [3.63, 3.8) is 0 Å². The van der Waals surface area contributed by atoms with E-state index in [1.54, 1.807) is 6.07 Å². The lowest BCUT2D eigenvalue weighted by atomic mass is 10.0. The van der Waals surface area contributed by atoms with E-state index in [-0.39, 0.29) is 12.3 Å². The monoisotopic (exact) mass is 279 g/mol. The van der Waals surface area contributed by atoms with Crippen LogP contribution in [0.25, 0.3) is 0 Å². The standard InChI is InChI=1S/C14H21N3O3/c1-15-7-5-12(6-8-15)16(2)14-4-3-13(17(19)20)9-11(14)10-18/h3-4,9,12,18H,5-8,10H2,1-2H3. The minimum Gasteiger partial charge on any atom is -0.392 e. The van der Waals surface area contributed by atoms with Gasteiger partial charge < -0.3 is 14.9 Å². The van der Waals surface area contributed by atoms with Gasteiger partial charge in [0, 0.05) is 36.5 Å². The average Bonchev–Trinajstić information content (AvgIpc) is 2.46. The zero-order valence-electron chi connectivity index (χ0n) is 12.0. The molecule has 0 bridgehead atoms. The van der Waals surface area contributed by atoms with Crippen LogP contribution in [0, 0.1) is 10.1 Å². The number of hydrogen-bond acceptors (Lipinski definition) is 5. The summed E-state index contributed by atoms with van der Waals surface area (Å²) in [6.45, 7) is 1.92. The maximum Gasteiger partial charge on any atom is 0.269 e. The van der Waals surface area contributed by atoms with Gasteiger partial charge in [-0.1, -0.05) is 0 Å². The van der Waals surface area contributed by atoms with E-state index in [0.29, 0.717) is 11.6 Å². The third kappa shape index (κ3) is 3.08. The van der Waals surface area contributed by atoms with Crippen molar-refractivity contribution >= 4 is 11.4 Å². The van der Waals surface area contributed by atoms with Crippen LogP contribution in [-0.2, 0) is 6.61 Å². The number of likely N-dealkylation sites (tertiary alicyclic amines) is 1. The van der Waals surface area contributed by atoms with E-state index in [1.807, 2.05) is 7.05 Å². The number of hydrogen-bond donors (Lipinski definition) is 1. The van der Waals surface area contributed by atoms with E-state index < -0.39 is 4.92 Å². The first-order valence-electron chi connectivity index (χ1n) is 6.82. The van der Waals surface area contributed by atoms with Gasteiger partial charge in [0.05, 0.1) is 11.5 Å². The topological polar surface area (TPSA) is 69.9 Å². The molecule has 2 rings (SSSR count). The summed E-state index contributed by atoms with van der Waals surface area (Å²) in [4.78, 5) is 14.8. The van der Waals surface area contributed by atoms with Crippen LogP contribution in [0.5, 0.6) is 0 Å². The predicted molar refractivity (Wildman–Crippen MR) is 77.9 cm³/mol. The SMILES string of the molecule is CN1CCC(N(C)c2ccc([N+](=O)[O-])cc2CO)CC1. The summed E-state index contributed by atoms with van der Waals surface area (Å²) in [5.74, 6) is 0. The number of aliphatic hydroxyl groups excluding tert-OH is 1. The second kappa shape index (κ2) is 6.19. The molecule has 6 heteroatoms. The molecule has 110 valence electrons. The Hall–Kier alpha value is -1.66. The number of non-ortho nitro benzene ring substituents is 1. The Labute approximate surface area is 118 Å². The van der Waals surface area contributed by atoms with Crippen molar-refractivity contribution in [2.75, 3.05) is 32.1 Å². The normalized spacial score (nSPS) is 17.1. The van der Waals surface area contributed by atoms with Gasteiger partial charge in [-0.2, -0.15) is 0 Å². The zero-order chi connectivity index (χ0) is 14.7. The number of nitrogens with zero attached hydrogens (tertiary/aromatic N) is 3. The summed E-state index contributed by atoms with van der Waals surface area (Å²) in [6.07, 6.45) is 2.13. The fourth-order valence-corrected chi connectivity index (χ4v) is 2.74. The minimum absolute atomic E-state index is 0.0228. The van der Waals surface area contributed by atoms with E-state index in [2.05, 4.69) is 16.8 Å². The second-order valence-corrected chi connectivity index (χ2v) is 5.37. The van der Waals surface area contributed by atoms with Crippen LogP contribution in [0.15, 0.2) is 18.2 Å². The lowest BCUT2D eigenvalue weighted by molar-refractivity contribution is -0.384. The van der Waals surface area contributed by atoms with Gasteiger partial charge in [0.15, 0.2) is 0 Å². The summed E-state index contributed by atoms with van der Waals surface area (Å²) in [5, 5.41) is 20.2. The average molecular weight is 279 g/mol. The van der Waals surface area contributed by atoms with Crippen LogP contribution >= 0.6 is 0 Å². The molecule has 0 spiro atoms. The molecule has 0 saturated carbocycles. The number of rotatable bonds is 4. The molecule has 1 aliphatic rings. The second-order valence-electron chi connectivity index (χ2n) is 5.37. The zero-order valence-corrected chi connectivity index (χ0v) is 12.0. The maximum absolute atomic E-state index is 10.8. The van der Waals surface area contributed by atoms with E-state index in [1.165, 1.54) is 12.1 Å². The minimum atomic E-state index is -0.432. The van der Waals surface area contributed by atoms with Crippen molar-refractivity contribution in [3.05, 3.63) is 33.9 Å². The fourth-order valence-electron chi connectivity index (χ4n) is 2.74. The van der Waals surface area contributed by atoms with Crippen LogP contribution in [0.2, 0.25) is 0 Å². The molecule has 0 radical (unpaired) electrons. The van der Waals surface area contributed by atoms with Crippen molar-refractivity contribution in [1.82, 2.24) is 4.90 Å². The summed E-state index contributed by atoms with van der Waals surface area (Å²) in [7, 11) is 4.11. The molecule has 1 aliphatic heterocycles. The molecule has 6 nitrogen and oxygen atoms in total. The molecule has 1 aromatic rings. The van der Waals surface area contributed by atoms with Gasteiger partial charge >= 0.3 is 0 Å². The van der Waals surface area contributed by atoms with Crippen LogP contribution < -0.4 is 4.90 Å². The molecule has 0 aliphatic carbocycles. The first-order chi connectivity index (χ1) is 9.52. The molecule has 1 heterocycles. The van der Waals surface area contributed by atoms with Crippen molar-refractivity contribution in [1.29, 1.82) is 0 Å². The van der Waals surface area contributed by atoms with E-state index >= 15 is 0 Å². The van der Waals surface area contributed by atoms with E-state index in [0.717, 1.165) is 31.6 Å². The van der Waals surface area contributed by atoms with Crippen LogP contribution in [0.1, 0.15) is 18.4 Å². The number of anilines is 1. The van der Waals surface area contributed by atoms with Crippen molar-refractivity contribution in [3.8, 4) is 0 Å². The molecule has 0 unspecified atom stereocenters. The van der Waals surface area contributed by atoms with Crippen molar-refractivity contribution < 1.29 is 10.0 Å². The highest BCUT2D eigenvalue weighted by atomic mass is 16.6. The maximum atomic E-state index is 10.8. The molecule has 1 aromatic carbocycles. The summed E-state index contributed by atoms with van der Waals surface area (Å²) >= 11 is 0. The lowest BCUT2D eigenvalue weighted by Crippen LogP contribution is -2.42. The van der Waals surface area contributed by atoms with Gasteiger partial charge in [0.2, 0.25) is 0 Å². The van der Waals surface area contributed by atoms with Gasteiger partial charge in [-0.05, 0) is 39.0 Å². The third-order valence-electron chi connectivity index (χ3n) is 4.06. The number of piperidine rings is 1. The molecular weight excluding hydrogens is 258 g/mol. The highest BCUT2D eigenvalue weighted by molar-refractivity contribution is 5.58. The Kier molecular flexibility index (Phi) is 4.57. The number of benzene rings is 1. The van der Waals surface area contributed by atoms with E-state index in [9.17, 15) is 15.2 Å². The molecule has 0 atom stereocenters. The van der Waals surface area contributed by atoms with Gasteiger partial charge in [0.25, 0.3) is 5.69 Å².